The van der Waals surface area contributed by atoms with Gasteiger partial charge in [-0.15, -0.1) is 11.3 Å². The maximum absolute atomic E-state index is 11.0. The quantitative estimate of drug-likeness (QED) is 0.654. The first kappa shape index (κ1) is 14.5. The van der Waals surface area contributed by atoms with Crippen LogP contribution in [0.2, 0.25) is 0 Å². The molecule has 0 aliphatic heterocycles. The molecule has 0 aliphatic carbocycles. The van der Waals surface area contributed by atoms with Gasteiger partial charge in [0, 0.05) is 22.4 Å². The Kier molecular flexibility index (Phi) is 4.70. The van der Waals surface area contributed by atoms with Crippen LogP contribution in [0.15, 0.2) is 30.3 Å². The topological polar surface area (TPSA) is 78.4 Å². The molecule has 0 spiro atoms. The molecule has 5 nitrogen and oxygen atoms in total. The molecule has 1 heterocycles. The SMILES string of the molecule is CCc1ccc(COc2ccc(CN)cc2[N+](=O)[O-])s1. The van der Waals surface area contributed by atoms with Gasteiger partial charge in [-0.3, -0.25) is 10.1 Å². The third kappa shape index (κ3) is 3.34. The number of hydrogen-bond acceptors (Lipinski definition) is 5. The summed E-state index contributed by atoms with van der Waals surface area (Å²) < 4.78 is 5.57. The van der Waals surface area contributed by atoms with Crippen LogP contribution in [0.1, 0.15) is 22.2 Å². The van der Waals surface area contributed by atoms with Gasteiger partial charge in [-0.05, 0) is 30.2 Å². The van der Waals surface area contributed by atoms with Gasteiger partial charge >= 0.3 is 5.69 Å². The van der Waals surface area contributed by atoms with Gasteiger partial charge in [0.2, 0.25) is 0 Å². The second-order valence-electron chi connectivity index (χ2n) is 4.27. The number of nitro benzene ring substituents is 1. The van der Waals surface area contributed by atoms with Crippen molar-refractivity contribution in [1.29, 1.82) is 0 Å². The lowest BCUT2D eigenvalue weighted by Gasteiger charge is -2.06. The number of nitro groups is 1. The van der Waals surface area contributed by atoms with Crippen molar-refractivity contribution in [2.75, 3.05) is 0 Å². The van der Waals surface area contributed by atoms with Crippen LogP contribution < -0.4 is 10.5 Å². The van der Waals surface area contributed by atoms with E-state index in [2.05, 4.69) is 13.0 Å². The predicted molar refractivity (Wildman–Crippen MR) is 79.0 cm³/mol. The normalized spacial score (nSPS) is 10.5. The summed E-state index contributed by atoms with van der Waals surface area (Å²) in [6.45, 7) is 2.70. The van der Waals surface area contributed by atoms with Crippen LogP contribution >= 0.6 is 11.3 Å². The average Bonchev–Trinajstić information content (AvgIpc) is 2.92. The van der Waals surface area contributed by atoms with Gasteiger partial charge in [-0.1, -0.05) is 13.0 Å². The van der Waals surface area contributed by atoms with Gasteiger partial charge < -0.3 is 10.5 Å². The zero-order valence-electron chi connectivity index (χ0n) is 11.2. The fourth-order valence-electron chi connectivity index (χ4n) is 1.79. The summed E-state index contributed by atoms with van der Waals surface area (Å²) in [7, 11) is 0. The van der Waals surface area contributed by atoms with Crippen molar-refractivity contribution >= 4 is 17.0 Å². The van der Waals surface area contributed by atoms with Crippen LogP contribution in [0.25, 0.3) is 0 Å². The van der Waals surface area contributed by atoms with Gasteiger partial charge in [-0.25, -0.2) is 0 Å². The lowest BCUT2D eigenvalue weighted by Crippen LogP contribution is -2.01. The number of ether oxygens (including phenoxy) is 1. The molecule has 0 atom stereocenters. The fraction of sp³-hybridized carbons (Fsp3) is 0.286. The van der Waals surface area contributed by atoms with Crippen LogP contribution in [-0.2, 0) is 19.6 Å². The van der Waals surface area contributed by atoms with E-state index in [0.29, 0.717) is 12.2 Å². The first-order valence-electron chi connectivity index (χ1n) is 6.31. The van der Waals surface area contributed by atoms with E-state index in [9.17, 15) is 10.1 Å². The highest BCUT2D eigenvalue weighted by Crippen LogP contribution is 2.29. The zero-order valence-corrected chi connectivity index (χ0v) is 12.0. The Balaban J connectivity index is 2.14. The lowest BCUT2D eigenvalue weighted by atomic mass is 10.2. The van der Waals surface area contributed by atoms with E-state index in [0.717, 1.165) is 11.3 Å². The summed E-state index contributed by atoms with van der Waals surface area (Å²) >= 11 is 1.66. The Labute approximate surface area is 121 Å². The van der Waals surface area contributed by atoms with E-state index < -0.39 is 4.92 Å². The summed E-state index contributed by atoms with van der Waals surface area (Å²) in [5.74, 6) is 0.277. The van der Waals surface area contributed by atoms with Crippen LogP contribution in [-0.4, -0.2) is 4.92 Å². The van der Waals surface area contributed by atoms with Gasteiger partial charge in [0.15, 0.2) is 5.75 Å². The molecule has 2 rings (SSSR count). The third-order valence-electron chi connectivity index (χ3n) is 2.89. The standard InChI is InChI=1S/C14H16N2O3S/c1-2-11-4-5-12(20-11)9-19-14-6-3-10(8-15)7-13(14)16(17)18/h3-7H,2,8-9,15H2,1H3. The largest absolute Gasteiger partial charge is 0.481 e. The summed E-state index contributed by atoms with van der Waals surface area (Å²) in [6, 6.07) is 8.85. The van der Waals surface area contributed by atoms with Crippen LogP contribution in [0.4, 0.5) is 5.69 Å². The van der Waals surface area contributed by atoms with E-state index in [-0.39, 0.29) is 18.0 Å². The van der Waals surface area contributed by atoms with E-state index in [1.165, 1.54) is 10.9 Å². The molecule has 0 bridgehead atoms. The molecule has 2 aromatic rings. The van der Waals surface area contributed by atoms with E-state index in [4.69, 9.17) is 10.5 Å². The number of benzene rings is 1. The maximum Gasteiger partial charge on any atom is 0.311 e. The van der Waals surface area contributed by atoms with Gasteiger partial charge in [0.1, 0.15) is 6.61 Å². The highest BCUT2D eigenvalue weighted by Gasteiger charge is 2.16. The van der Waals surface area contributed by atoms with Gasteiger partial charge in [0.25, 0.3) is 0 Å². The molecule has 0 saturated carbocycles. The molecule has 0 radical (unpaired) electrons. The van der Waals surface area contributed by atoms with Crippen LogP contribution in [0.5, 0.6) is 5.75 Å². The molecular weight excluding hydrogens is 276 g/mol. The molecule has 0 amide bonds. The summed E-state index contributed by atoms with van der Waals surface area (Å²) in [5, 5.41) is 11.0. The molecule has 1 aromatic carbocycles. The number of nitrogens with zero attached hydrogens (tertiary/aromatic N) is 1. The molecular formula is C14H16N2O3S. The molecule has 20 heavy (non-hydrogen) atoms. The Morgan fingerprint density at radius 2 is 2.05 bits per heavy atom. The highest BCUT2D eigenvalue weighted by molar-refractivity contribution is 7.11. The molecule has 0 fully saturated rings. The van der Waals surface area contributed by atoms with Gasteiger partial charge in [0.05, 0.1) is 4.92 Å². The van der Waals surface area contributed by atoms with Crippen molar-refractivity contribution in [1.82, 2.24) is 0 Å². The number of nitrogens with two attached hydrogens (primary N) is 1. The molecule has 106 valence electrons. The fourth-order valence-corrected chi connectivity index (χ4v) is 2.66. The number of rotatable bonds is 6. The van der Waals surface area contributed by atoms with Crippen molar-refractivity contribution in [3.8, 4) is 5.75 Å². The summed E-state index contributed by atoms with van der Waals surface area (Å²) in [5.41, 5.74) is 6.16. The van der Waals surface area contributed by atoms with Crippen LogP contribution in [0.3, 0.4) is 0 Å². The van der Waals surface area contributed by atoms with E-state index in [1.54, 1.807) is 23.5 Å². The van der Waals surface area contributed by atoms with Crippen molar-refractivity contribution in [3.63, 3.8) is 0 Å². The Morgan fingerprint density at radius 3 is 2.65 bits per heavy atom. The predicted octanol–water partition coefficient (Wildman–Crippen LogP) is 3.26. The Morgan fingerprint density at radius 1 is 1.30 bits per heavy atom. The van der Waals surface area contributed by atoms with Crippen molar-refractivity contribution in [2.45, 2.75) is 26.5 Å². The number of aryl methyl sites for hydroxylation is 1. The molecule has 2 N–H and O–H groups in total. The molecule has 0 aliphatic rings. The van der Waals surface area contributed by atoms with Crippen molar-refractivity contribution in [2.24, 2.45) is 5.73 Å². The van der Waals surface area contributed by atoms with Crippen molar-refractivity contribution in [3.05, 3.63) is 55.8 Å². The average molecular weight is 292 g/mol. The van der Waals surface area contributed by atoms with Crippen molar-refractivity contribution < 1.29 is 9.66 Å². The minimum atomic E-state index is -0.444. The molecule has 0 unspecified atom stereocenters. The highest BCUT2D eigenvalue weighted by atomic mass is 32.1. The van der Waals surface area contributed by atoms with E-state index in [1.807, 2.05) is 6.07 Å². The molecule has 6 heteroatoms. The van der Waals surface area contributed by atoms with Gasteiger partial charge in [-0.2, -0.15) is 0 Å². The third-order valence-corrected chi connectivity index (χ3v) is 4.09. The van der Waals surface area contributed by atoms with E-state index >= 15 is 0 Å². The van der Waals surface area contributed by atoms with Crippen LogP contribution in [0, 0.1) is 10.1 Å². The molecule has 0 saturated heterocycles. The summed E-state index contributed by atoms with van der Waals surface area (Å²) in [6.07, 6.45) is 0.982. The number of thiophene rings is 1. The first-order chi connectivity index (χ1) is 9.63. The summed E-state index contributed by atoms with van der Waals surface area (Å²) in [4.78, 5) is 12.9. The zero-order chi connectivity index (χ0) is 14.5. The smallest absolute Gasteiger partial charge is 0.311 e. The lowest BCUT2D eigenvalue weighted by molar-refractivity contribution is -0.386. The Bertz CT molecular complexity index is 610. The first-order valence-corrected chi connectivity index (χ1v) is 7.13. The minimum absolute atomic E-state index is 0.0415. The number of hydrogen-bond donors (Lipinski definition) is 1. The molecule has 1 aromatic heterocycles. The second-order valence-corrected chi connectivity index (χ2v) is 5.53. The minimum Gasteiger partial charge on any atom is -0.481 e. The second kappa shape index (κ2) is 6.49. The maximum atomic E-state index is 11.0. The monoisotopic (exact) mass is 292 g/mol. The Hall–Kier alpha value is -1.92.